The van der Waals surface area contributed by atoms with E-state index < -0.39 is 0 Å². The van der Waals surface area contributed by atoms with Crippen molar-refractivity contribution in [3.8, 4) is 11.4 Å². The number of hydrogen-bond donors (Lipinski definition) is 2. The highest BCUT2D eigenvalue weighted by molar-refractivity contribution is 7.14. The first-order valence-electron chi connectivity index (χ1n) is 9.91. The van der Waals surface area contributed by atoms with Crippen molar-refractivity contribution in [2.45, 2.75) is 33.4 Å². The van der Waals surface area contributed by atoms with Crippen LogP contribution in [0.5, 0.6) is 0 Å². The summed E-state index contributed by atoms with van der Waals surface area (Å²) in [7, 11) is 1.75. The van der Waals surface area contributed by atoms with Gasteiger partial charge < -0.3 is 15.5 Å². The smallest absolute Gasteiger partial charge is 0.197 e. The number of hydrogen-bond acceptors (Lipinski definition) is 6. The summed E-state index contributed by atoms with van der Waals surface area (Å²) in [5, 5.41) is 13.9. The van der Waals surface area contributed by atoms with E-state index in [0.717, 1.165) is 54.9 Å². The lowest BCUT2D eigenvalue weighted by Gasteiger charge is -2.27. The summed E-state index contributed by atoms with van der Waals surface area (Å²) in [4.78, 5) is 16.1. The third-order valence-corrected chi connectivity index (χ3v) is 5.60. The molecule has 1 aliphatic heterocycles. The van der Waals surface area contributed by atoms with Gasteiger partial charge in [0.1, 0.15) is 11.5 Å². The molecular formula is C20H26N8S. The molecule has 0 bridgehead atoms. The van der Waals surface area contributed by atoms with Gasteiger partial charge in [0.15, 0.2) is 11.1 Å². The van der Waals surface area contributed by atoms with E-state index >= 15 is 0 Å². The van der Waals surface area contributed by atoms with Crippen LogP contribution in [-0.4, -0.2) is 45.8 Å². The SMILES string of the molecule is CCNC(=NC)Nc1nc(-c2cccc(N3CCc4nn(CC)cc4C3)n2)cs1. The Morgan fingerprint density at radius 2 is 2.14 bits per heavy atom. The van der Waals surface area contributed by atoms with Gasteiger partial charge in [0.05, 0.1) is 11.4 Å². The quantitative estimate of drug-likeness (QED) is 0.497. The Hall–Kier alpha value is -2.94. The van der Waals surface area contributed by atoms with Crippen molar-refractivity contribution in [3.05, 3.63) is 41.0 Å². The lowest BCUT2D eigenvalue weighted by molar-refractivity contribution is 0.641. The van der Waals surface area contributed by atoms with Gasteiger partial charge >= 0.3 is 0 Å². The van der Waals surface area contributed by atoms with Crippen LogP contribution in [-0.2, 0) is 19.5 Å². The molecule has 1 aliphatic rings. The molecule has 2 N–H and O–H groups in total. The summed E-state index contributed by atoms with van der Waals surface area (Å²) in [6, 6.07) is 6.12. The first kappa shape index (κ1) is 19.4. The van der Waals surface area contributed by atoms with Crippen LogP contribution in [0.15, 0.2) is 34.8 Å². The van der Waals surface area contributed by atoms with Gasteiger partial charge in [-0.25, -0.2) is 9.97 Å². The van der Waals surface area contributed by atoms with Crippen LogP contribution in [0.3, 0.4) is 0 Å². The van der Waals surface area contributed by atoms with E-state index in [4.69, 9.17) is 4.98 Å². The average molecular weight is 411 g/mol. The molecule has 0 aliphatic carbocycles. The molecule has 0 saturated heterocycles. The van der Waals surface area contributed by atoms with Gasteiger partial charge in [-0.15, -0.1) is 11.3 Å². The fourth-order valence-electron chi connectivity index (χ4n) is 3.37. The van der Waals surface area contributed by atoms with Crippen LogP contribution in [0.25, 0.3) is 11.4 Å². The zero-order valence-electron chi connectivity index (χ0n) is 17.0. The lowest BCUT2D eigenvalue weighted by Crippen LogP contribution is -2.30. The van der Waals surface area contributed by atoms with Crippen molar-refractivity contribution < 1.29 is 0 Å². The molecule has 3 aromatic heterocycles. The minimum atomic E-state index is 0.715. The maximum absolute atomic E-state index is 4.88. The highest BCUT2D eigenvalue weighted by Crippen LogP contribution is 2.27. The van der Waals surface area contributed by atoms with Gasteiger partial charge in [-0.2, -0.15) is 5.10 Å². The van der Waals surface area contributed by atoms with Crippen molar-refractivity contribution in [1.82, 2.24) is 25.1 Å². The van der Waals surface area contributed by atoms with Crippen LogP contribution < -0.4 is 15.5 Å². The molecule has 8 nitrogen and oxygen atoms in total. The summed E-state index contributed by atoms with van der Waals surface area (Å²) < 4.78 is 2.02. The van der Waals surface area contributed by atoms with Gasteiger partial charge in [0.25, 0.3) is 0 Å². The molecule has 4 heterocycles. The number of aryl methyl sites for hydroxylation is 1. The number of aliphatic imine (C=N–C) groups is 1. The number of nitrogens with zero attached hydrogens (tertiary/aromatic N) is 6. The van der Waals surface area contributed by atoms with Crippen LogP contribution in [0.2, 0.25) is 0 Å². The monoisotopic (exact) mass is 410 g/mol. The second-order valence-corrected chi connectivity index (χ2v) is 7.63. The summed E-state index contributed by atoms with van der Waals surface area (Å²) in [5.41, 5.74) is 4.24. The Morgan fingerprint density at radius 3 is 2.93 bits per heavy atom. The molecule has 0 saturated carbocycles. The van der Waals surface area contributed by atoms with E-state index in [1.165, 1.54) is 11.3 Å². The molecular weight excluding hydrogens is 384 g/mol. The molecule has 0 spiro atoms. The predicted octanol–water partition coefficient (Wildman–Crippen LogP) is 2.99. The number of anilines is 2. The van der Waals surface area contributed by atoms with Crippen molar-refractivity contribution in [3.63, 3.8) is 0 Å². The Kier molecular flexibility index (Phi) is 5.75. The largest absolute Gasteiger partial charge is 0.356 e. The molecule has 0 amide bonds. The fourth-order valence-corrected chi connectivity index (χ4v) is 4.07. The highest BCUT2D eigenvalue weighted by atomic mass is 32.1. The number of thiazole rings is 1. The van der Waals surface area contributed by atoms with E-state index in [1.54, 1.807) is 18.4 Å². The molecule has 29 heavy (non-hydrogen) atoms. The van der Waals surface area contributed by atoms with Crippen molar-refractivity contribution >= 4 is 28.2 Å². The van der Waals surface area contributed by atoms with E-state index in [9.17, 15) is 0 Å². The van der Waals surface area contributed by atoms with Crippen LogP contribution in [0.4, 0.5) is 10.9 Å². The van der Waals surface area contributed by atoms with Crippen molar-refractivity contribution in [2.75, 3.05) is 30.4 Å². The third kappa shape index (κ3) is 4.24. The average Bonchev–Trinajstić information content (AvgIpc) is 3.39. The number of fused-ring (bicyclic) bond motifs is 1. The molecule has 0 radical (unpaired) electrons. The minimum absolute atomic E-state index is 0.715. The molecule has 0 atom stereocenters. The topological polar surface area (TPSA) is 83.3 Å². The molecule has 0 fully saturated rings. The predicted molar refractivity (Wildman–Crippen MR) is 119 cm³/mol. The molecule has 0 unspecified atom stereocenters. The Labute approximate surface area is 174 Å². The van der Waals surface area contributed by atoms with Gasteiger partial charge in [0.2, 0.25) is 0 Å². The Bertz CT molecular complexity index is 1010. The van der Waals surface area contributed by atoms with Crippen LogP contribution in [0, 0.1) is 0 Å². The number of nitrogens with one attached hydrogen (secondary N) is 2. The Balaban J connectivity index is 1.51. The van der Waals surface area contributed by atoms with Gasteiger partial charge in [0, 0.05) is 56.8 Å². The molecule has 3 aromatic rings. The second kappa shape index (κ2) is 8.60. The van der Waals surface area contributed by atoms with E-state index in [0.29, 0.717) is 5.96 Å². The fraction of sp³-hybridized carbons (Fsp3) is 0.400. The Morgan fingerprint density at radius 1 is 1.24 bits per heavy atom. The van der Waals surface area contributed by atoms with Crippen molar-refractivity contribution in [2.24, 2.45) is 4.99 Å². The number of aromatic nitrogens is 4. The zero-order valence-corrected chi connectivity index (χ0v) is 17.8. The third-order valence-electron chi connectivity index (χ3n) is 4.85. The van der Waals surface area contributed by atoms with E-state index in [-0.39, 0.29) is 0 Å². The summed E-state index contributed by atoms with van der Waals surface area (Å²) in [6.45, 7) is 7.62. The standard InChI is InChI=1S/C20H26N8S/c1-4-22-19(21-3)25-20-24-17(13-29-20)16-7-6-8-18(23-16)27-10-9-15-14(11-27)12-28(5-2)26-15/h6-8,12-13H,4-5,9-11H2,1-3H3,(H2,21,22,24,25). The van der Waals surface area contributed by atoms with Gasteiger partial charge in [-0.3, -0.25) is 9.67 Å². The van der Waals surface area contributed by atoms with E-state index in [2.05, 4.69) is 49.8 Å². The van der Waals surface area contributed by atoms with Gasteiger partial charge in [-0.05, 0) is 26.0 Å². The summed E-state index contributed by atoms with van der Waals surface area (Å²) in [6.07, 6.45) is 3.10. The van der Waals surface area contributed by atoms with E-state index in [1.807, 2.05) is 29.1 Å². The minimum Gasteiger partial charge on any atom is -0.356 e. The summed E-state index contributed by atoms with van der Waals surface area (Å²) in [5.74, 6) is 1.69. The van der Waals surface area contributed by atoms with Crippen LogP contribution >= 0.6 is 11.3 Å². The number of guanidine groups is 1. The van der Waals surface area contributed by atoms with Crippen LogP contribution in [0.1, 0.15) is 25.1 Å². The maximum atomic E-state index is 4.88. The molecule has 0 aromatic carbocycles. The zero-order chi connectivity index (χ0) is 20.2. The normalized spacial score (nSPS) is 14.0. The number of rotatable bonds is 5. The maximum Gasteiger partial charge on any atom is 0.197 e. The summed E-state index contributed by atoms with van der Waals surface area (Å²) >= 11 is 1.54. The van der Waals surface area contributed by atoms with Gasteiger partial charge in [-0.1, -0.05) is 6.07 Å². The second-order valence-electron chi connectivity index (χ2n) is 6.77. The molecule has 4 rings (SSSR count). The molecule has 9 heteroatoms. The lowest BCUT2D eigenvalue weighted by atomic mass is 10.1. The highest BCUT2D eigenvalue weighted by Gasteiger charge is 2.21. The number of pyridine rings is 1. The first-order valence-corrected chi connectivity index (χ1v) is 10.8. The molecule has 152 valence electrons. The van der Waals surface area contributed by atoms with Crippen molar-refractivity contribution in [1.29, 1.82) is 0 Å². The first-order chi connectivity index (χ1) is 14.2.